The van der Waals surface area contributed by atoms with E-state index in [1.54, 1.807) is 55.4 Å². The Morgan fingerprint density at radius 2 is 1.44 bits per heavy atom. The lowest BCUT2D eigenvalue weighted by Crippen LogP contribution is -2.63. The van der Waals surface area contributed by atoms with Gasteiger partial charge in [-0.2, -0.15) is 0 Å². The molecule has 0 bridgehead atoms. The second kappa shape index (κ2) is 11.6. The Morgan fingerprint density at radius 3 is 1.84 bits per heavy atom. The Labute approximate surface area is 190 Å². The fourth-order valence-corrected chi connectivity index (χ4v) is 2.86. The monoisotopic (exact) mass is 459 g/mol. The SMILES string of the molecule is CC(C)C[C@](N)(C(=O)N[C@@H](CCCC(N)C(=O)OC(C)(C)C)C(=O)O)C(=O)OC(C)(C)C. The second-order valence-corrected chi connectivity index (χ2v) is 10.5. The number of nitrogens with one attached hydrogen (secondary N) is 1. The van der Waals surface area contributed by atoms with Crippen molar-refractivity contribution in [2.75, 3.05) is 0 Å². The number of rotatable bonds is 11. The van der Waals surface area contributed by atoms with E-state index in [0.29, 0.717) is 0 Å². The fourth-order valence-electron chi connectivity index (χ4n) is 2.86. The average Bonchev–Trinajstić information content (AvgIpc) is 2.56. The van der Waals surface area contributed by atoms with E-state index in [2.05, 4.69) is 5.32 Å². The summed E-state index contributed by atoms with van der Waals surface area (Å²) in [7, 11) is 0. The van der Waals surface area contributed by atoms with Gasteiger partial charge in [0.05, 0.1) is 0 Å². The van der Waals surface area contributed by atoms with Crippen molar-refractivity contribution in [2.24, 2.45) is 17.4 Å². The summed E-state index contributed by atoms with van der Waals surface area (Å²) in [4.78, 5) is 49.2. The van der Waals surface area contributed by atoms with Crippen molar-refractivity contribution in [2.45, 2.75) is 110 Å². The molecule has 0 saturated carbocycles. The number of carbonyl (C=O) groups excluding carboxylic acids is 3. The number of carbonyl (C=O) groups is 4. The van der Waals surface area contributed by atoms with Crippen LogP contribution < -0.4 is 16.8 Å². The molecule has 3 atom stereocenters. The number of nitrogens with two attached hydrogens (primary N) is 2. The largest absolute Gasteiger partial charge is 0.480 e. The quantitative estimate of drug-likeness (QED) is 0.264. The van der Waals surface area contributed by atoms with Crippen LogP contribution in [-0.2, 0) is 28.7 Å². The first-order valence-electron chi connectivity index (χ1n) is 10.8. The Balaban J connectivity index is 5.23. The van der Waals surface area contributed by atoms with Gasteiger partial charge in [-0.3, -0.25) is 9.59 Å². The number of carboxylic acids is 1. The lowest BCUT2D eigenvalue weighted by Gasteiger charge is -2.32. The summed E-state index contributed by atoms with van der Waals surface area (Å²) in [5, 5.41) is 11.9. The maximum atomic E-state index is 12.9. The number of ether oxygens (including phenoxy) is 2. The van der Waals surface area contributed by atoms with Gasteiger partial charge in [-0.05, 0) is 73.1 Å². The zero-order chi connectivity index (χ0) is 25.5. The van der Waals surface area contributed by atoms with E-state index < -0.39 is 52.6 Å². The van der Waals surface area contributed by atoms with Crippen molar-refractivity contribution in [3.63, 3.8) is 0 Å². The molecule has 6 N–H and O–H groups in total. The molecule has 186 valence electrons. The third-order valence-electron chi connectivity index (χ3n) is 4.22. The first-order chi connectivity index (χ1) is 14.3. The summed E-state index contributed by atoms with van der Waals surface area (Å²) in [6.07, 6.45) is 0.361. The van der Waals surface area contributed by atoms with Crippen LogP contribution in [0.2, 0.25) is 0 Å². The minimum Gasteiger partial charge on any atom is -0.480 e. The van der Waals surface area contributed by atoms with Gasteiger partial charge in [0, 0.05) is 0 Å². The van der Waals surface area contributed by atoms with E-state index in [0.717, 1.165) is 0 Å². The Morgan fingerprint density at radius 1 is 0.938 bits per heavy atom. The molecule has 0 aliphatic rings. The van der Waals surface area contributed by atoms with E-state index >= 15 is 0 Å². The number of hydrogen-bond donors (Lipinski definition) is 4. The van der Waals surface area contributed by atoms with Crippen LogP contribution in [0.25, 0.3) is 0 Å². The molecular weight excluding hydrogens is 418 g/mol. The smallest absolute Gasteiger partial charge is 0.336 e. The molecule has 10 nitrogen and oxygen atoms in total. The van der Waals surface area contributed by atoms with Crippen molar-refractivity contribution in [1.29, 1.82) is 0 Å². The second-order valence-electron chi connectivity index (χ2n) is 10.5. The van der Waals surface area contributed by atoms with E-state index in [4.69, 9.17) is 20.9 Å². The molecule has 0 rings (SSSR count). The van der Waals surface area contributed by atoms with Crippen LogP contribution in [0.1, 0.15) is 81.1 Å². The zero-order valence-corrected chi connectivity index (χ0v) is 20.6. The molecule has 0 heterocycles. The summed E-state index contributed by atoms with van der Waals surface area (Å²) in [5.74, 6) is -3.86. The van der Waals surface area contributed by atoms with E-state index in [1.807, 2.05) is 0 Å². The Hall–Kier alpha value is -2.20. The average molecular weight is 460 g/mol. The van der Waals surface area contributed by atoms with E-state index in [9.17, 15) is 24.3 Å². The first kappa shape index (κ1) is 29.8. The predicted molar refractivity (Wildman–Crippen MR) is 119 cm³/mol. The van der Waals surface area contributed by atoms with Gasteiger partial charge in [-0.1, -0.05) is 13.8 Å². The summed E-state index contributed by atoms with van der Waals surface area (Å²) in [5.41, 5.74) is 8.38. The van der Waals surface area contributed by atoms with Gasteiger partial charge in [0.1, 0.15) is 23.3 Å². The van der Waals surface area contributed by atoms with Gasteiger partial charge in [0.2, 0.25) is 0 Å². The standard InChI is InChI=1S/C22H41N3O7/c1-13(2)12-22(24,19(30)32-21(6,7)8)18(29)25-15(16(26)27)11-9-10-14(23)17(28)31-20(3,4)5/h13-15H,9-12,23-24H2,1-8H3,(H,25,29)(H,26,27)/t14?,15-,22-/m0/s1. The van der Waals surface area contributed by atoms with E-state index in [1.165, 1.54) is 0 Å². The molecule has 0 aliphatic carbocycles. The number of aliphatic carboxylic acids is 1. The molecule has 0 saturated heterocycles. The summed E-state index contributed by atoms with van der Waals surface area (Å²) in [6, 6.07) is -2.23. The maximum absolute atomic E-state index is 12.9. The lowest BCUT2D eigenvalue weighted by molar-refractivity contribution is -0.166. The molecule has 0 fully saturated rings. The topological polar surface area (TPSA) is 171 Å². The van der Waals surface area contributed by atoms with Crippen molar-refractivity contribution in [3.05, 3.63) is 0 Å². The molecule has 0 radical (unpaired) electrons. The van der Waals surface area contributed by atoms with Crippen LogP contribution in [0.4, 0.5) is 0 Å². The van der Waals surface area contributed by atoms with Gasteiger partial charge >= 0.3 is 17.9 Å². The highest BCUT2D eigenvalue weighted by atomic mass is 16.6. The number of carboxylic acid groups (broad SMARTS) is 1. The third-order valence-corrected chi connectivity index (χ3v) is 4.22. The fraction of sp³-hybridized carbons (Fsp3) is 0.818. The summed E-state index contributed by atoms with van der Waals surface area (Å²) >= 11 is 0. The molecule has 1 amide bonds. The lowest BCUT2D eigenvalue weighted by atomic mass is 9.88. The van der Waals surface area contributed by atoms with Gasteiger partial charge in [-0.25, -0.2) is 9.59 Å². The van der Waals surface area contributed by atoms with Crippen LogP contribution in [-0.4, -0.2) is 57.7 Å². The molecule has 0 aromatic carbocycles. The highest BCUT2D eigenvalue weighted by Gasteiger charge is 2.46. The van der Waals surface area contributed by atoms with Crippen LogP contribution in [0.5, 0.6) is 0 Å². The third kappa shape index (κ3) is 10.9. The van der Waals surface area contributed by atoms with Gasteiger partial charge in [-0.15, -0.1) is 0 Å². The molecular formula is C22H41N3O7. The van der Waals surface area contributed by atoms with Gasteiger partial charge in [0.15, 0.2) is 5.54 Å². The number of esters is 2. The molecule has 0 aromatic heterocycles. The van der Waals surface area contributed by atoms with Crippen LogP contribution in [0.3, 0.4) is 0 Å². The van der Waals surface area contributed by atoms with Crippen LogP contribution >= 0.6 is 0 Å². The minimum absolute atomic E-state index is 0.0103. The van der Waals surface area contributed by atoms with Crippen LogP contribution in [0, 0.1) is 5.92 Å². The molecule has 0 aliphatic heterocycles. The predicted octanol–water partition coefficient (Wildman–Crippen LogP) is 1.48. The first-order valence-corrected chi connectivity index (χ1v) is 10.8. The highest BCUT2D eigenvalue weighted by Crippen LogP contribution is 2.21. The van der Waals surface area contributed by atoms with E-state index in [-0.39, 0.29) is 31.6 Å². The Kier molecular flexibility index (Phi) is 10.8. The van der Waals surface area contributed by atoms with Crippen molar-refractivity contribution < 1.29 is 33.8 Å². The maximum Gasteiger partial charge on any atom is 0.336 e. The normalized spacial score (nSPS) is 16.0. The van der Waals surface area contributed by atoms with Gasteiger partial charge < -0.3 is 31.4 Å². The van der Waals surface area contributed by atoms with Crippen LogP contribution in [0.15, 0.2) is 0 Å². The Bertz CT molecular complexity index is 680. The minimum atomic E-state index is -2.04. The summed E-state index contributed by atoms with van der Waals surface area (Å²) < 4.78 is 10.5. The molecule has 0 aromatic rings. The van der Waals surface area contributed by atoms with Gasteiger partial charge in [0.25, 0.3) is 5.91 Å². The number of hydrogen-bond acceptors (Lipinski definition) is 8. The van der Waals surface area contributed by atoms with Crippen molar-refractivity contribution in [1.82, 2.24) is 5.32 Å². The molecule has 0 spiro atoms. The molecule has 1 unspecified atom stereocenters. The van der Waals surface area contributed by atoms with Crippen molar-refractivity contribution in [3.8, 4) is 0 Å². The van der Waals surface area contributed by atoms with Crippen molar-refractivity contribution >= 4 is 23.8 Å². The molecule has 32 heavy (non-hydrogen) atoms. The number of amides is 1. The zero-order valence-electron chi connectivity index (χ0n) is 20.6. The molecule has 10 heteroatoms. The summed E-state index contributed by atoms with van der Waals surface area (Å²) in [6.45, 7) is 13.7. The highest BCUT2D eigenvalue weighted by molar-refractivity contribution is 6.08.